The molecule has 1 aliphatic rings. The predicted molar refractivity (Wildman–Crippen MR) is 189 cm³/mol. The van der Waals surface area contributed by atoms with Crippen molar-refractivity contribution < 1.29 is 23.2 Å². The molecule has 1 fully saturated rings. The first-order chi connectivity index (χ1) is 22.9. The monoisotopic (exact) mass is 650 g/mol. The van der Waals surface area contributed by atoms with Gasteiger partial charge in [-0.2, -0.15) is 0 Å². The maximum Gasteiger partial charge on any atom is 0.170 e. The molecule has 6 nitrogen and oxygen atoms in total. The van der Waals surface area contributed by atoms with Gasteiger partial charge < -0.3 is 23.7 Å². The van der Waals surface area contributed by atoms with Gasteiger partial charge in [0.2, 0.25) is 0 Å². The summed E-state index contributed by atoms with van der Waals surface area (Å²) in [6.07, 6.45) is 20.6. The van der Waals surface area contributed by atoms with E-state index in [0.717, 1.165) is 74.3 Å². The molecule has 0 saturated carbocycles. The van der Waals surface area contributed by atoms with E-state index >= 15 is 0 Å². The lowest BCUT2D eigenvalue weighted by molar-refractivity contribution is -0.117. The Balaban J connectivity index is 1.04. The molecule has 0 aliphatic carbocycles. The Labute approximate surface area is 282 Å². The third-order valence-corrected chi connectivity index (χ3v) is 9.99. The first-order valence-electron chi connectivity index (χ1n) is 18.5. The molecule has 0 bridgehead atoms. The summed E-state index contributed by atoms with van der Waals surface area (Å²) in [6.45, 7) is 7.71. The van der Waals surface area contributed by atoms with E-state index in [1.54, 1.807) is 20.1 Å². The number of unbranched alkanes of at least 4 members (excludes halogenated alkanes) is 11. The summed E-state index contributed by atoms with van der Waals surface area (Å²) in [5.74, 6) is 2.54. The van der Waals surface area contributed by atoms with Crippen molar-refractivity contribution in [3.05, 3.63) is 53.5 Å². The Kier molecular flexibility index (Phi) is 16.0. The molecule has 0 radical (unpaired) electrons. The summed E-state index contributed by atoms with van der Waals surface area (Å²) in [5.41, 5.74) is 2.82. The second kappa shape index (κ2) is 20.4. The molecular weight excluding hydrogens is 591 g/mol. The molecule has 3 aromatic rings. The number of fused-ring (bicyclic) bond motifs is 1. The normalized spacial score (nSPS) is 14.9. The Bertz CT molecular complexity index is 1330. The number of nitrogens with zero attached hydrogens (tertiary/aromatic N) is 2. The van der Waals surface area contributed by atoms with E-state index in [-0.39, 0.29) is 5.82 Å². The van der Waals surface area contributed by atoms with Gasteiger partial charge in [-0.15, -0.1) is 0 Å². The van der Waals surface area contributed by atoms with E-state index in [9.17, 15) is 9.18 Å². The van der Waals surface area contributed by atoms with Crippen LogP contribution in [-0.4, -0.2) is 49.2 Å². The zero-order chi connectivity index (χ0) is 33.3. The maximum absolute atomic E-state index is 13.5. The van der Waals surface area contributed by atoms with Crippen LogP contribution in [0.5, 0.6) is 11.5 Å². The molecule has 1 atom stereocenters. The molecule has 4 rings (SSSR count). The van der Waals surface area contributed by atoms with Crippen molar-refractivity contribution in [3.63, 3.8) is 0 Å². The fraction of sp³-hybridized carbons (Fsp3) is 0.650. The molecule has 0 spiro atoms. The maximum atomic E-state index is 13.5. The zero-order valence-electron chi connectivity index (χ0n) is 29.4. The summed E-state index contributed by atoms with van der Waals surface area (Å²) in [7, 11) is 1.73. The van der Waals surface area contributed by atoms with Crippen molar-refractivity contribution in [1.82, 2.24) is 10.1 Å². The predicted octanol–water partition coefficient (Wildman–Crippen LogP) is 10.8. The summed E-state index contributed by atoms with van der Waals surface area (Å²) < 4.78 is 30.8. The Morgan fingerprint density at radius 3 is 2.21 bits per heavy atom. The topological polar surface area (TPSA) is 64.8 Å². The van der Waals surface area contributed by atoms with E-state index in [0.29, 0.717) is 29.8 Å². The van der Waals surface area contributed by atoms with E-state index < -0.39 is 0 Å². The first-order valence-corrected chi connectivity index (χ1v) is 18.5. The number of piperidine rings is 1. The largest absolute Gasteiger partial charge is 0.493 e. The number of Topliss-reactive ketones (excluding diaryl/α,β-unsaturated/α-hetero) is 1. The van der Waals surface area contributed by atoms with Crippen LogP contribution in [0, 0.1) is 5.82 Å². The summed E-state index contributed by atoms with van der Waals surface area (Å²) in [5, 5.41) is 5.21. The van der Waals surface area contributed by atoms with Crippen LogP contribution in [0.2, 0.25) is 0 Å². The minimum absolute atomic E-state index is 0.291. The van der Waals surface area contributed by atoms with Gasteiger partial charge in [0.15, 0.2) is 17.1 Å². The minimum atomic E-state index is -0.291. The molecule has 1 unspecified atom stereocenters. The number of benzene rings is 2. The second-order valence-electron chi connectivity index (χ2n) is 13.8. The van der Waals surface area contributed by atoms with Gasteiger partial charge in [0.25, 0.3) is 0 Å². The summed E-state index contributed by atoms with van der Waals surface area (Å²) >= 11 is 0. The smallest absolute Gasteiger partial charge is 0.170 e. The number of methoxy groups -OCH3 is 1. The highest BCUT2D eigenvalue weighted by Gasteiger charge is 2.25. The number of hydrogen-bond acceptors (Lipinski definition) is 6. The molecule has 0 N–H and O–H groups in total. The molecule has 47 heavy (non-hydrogen) atoms. The second-order valence-corrected chi connectivity index (χ2v) is 13.8. The van der Waals surface area contributed by atoms with Crippen molar-refractivity contribution in [2.75, 3.05) is 33.4 Å². The average Bonchev–Trinajstić information content (AvgIpc) is 3.49. The highest BCUT2D eigenvalue weighted by Crippen LogP contribution is 2.34. The molecule has 7 heteroatoms. The Morgan fingerprint density at radius 1 is 0.894 bits per heavy atom. The summed E-state index contributed by atoms with van der Waals surface area (Å²) in [6, 6.07) is 11.1. The number of ether oxygens (including phenoxy) is 2. The van der Waals surface area contributed by atoms with Crippen molar-refractivity contribution in [2.45, 2.75) is 135 Å². The molecule has 1 aliphatic heterocycles. The molecule has 2 aromatic carbocycles. The van der Waals surface area contributed by atoms with E-state index in [1.807, 2.05) is 0 Å². The highest BCUT2D eigenvalue weighted by molar-refractivity contribution is 5.80. The van der Waals surface area contributed by atoms with Crippen LogP contribution in [0.25, 0.3) is 11.0 Å². The lowest BCUT2D eigenvalue weighted by Gasteiger charge is -2.31. The number of aromatic nitrogens is 1. The Hall–Kier alpha value is -2.93. The van der Waals surface area contributed by atoms with Crippen LogP contribution in [-0.2, 0) is 4.79 Å². The van der Waals surface area contributed by atoms with Crippen molar-refractivity contribution in [1.29, 1.82) is 0 Å². The Morgan fingerprint density at radius 2 is 1.55 bits per heavy atom. The number of hydrogen-bond donors (Lipinski definition) is 0. The summed E-state index contributed by atoms with van der Waals surface area (Å²) in [4.78, 5) is 13.5. The van der Waals surface area contributed by atoms with Crippen LogP contribution in [0.15, 0.2) is 40.9 Å². The van der Waals surface area contributed by atoms with Crippen LogP contribution in [0.4, 0.5) is 4.39 Å². The van der Waals surface area contributed by atoms with Crippen LogP contribution in [0.1, 0.15) is 146 Å². The average molecular weight is 651 g/mol. The highest BCUT2D eigenvalue weighted by atomic mass is 19.1. The van der Waals surface area contributed by atoms with Crippen molar-refractivity contribution in [3.8, 4) is 11.5 Å². The molecule has 2 heterocycles. The van der Waals surface area contributed by atoms with Crippen molar-refractivity contribution in [2.24, 2.45) is 0 Å². The molecule has 1 aromatic heterocycles. The van der Waals surface area contributed by atoms with Gasteiger partial charge in [-0.25, -0.2) is 4.39 Å². The fourth-order valence-electron chi connectivity index (χ4n) is 6.99. The quantitative estimate of drug-likeness (QED) is 0.0952. The SMILES string of the molecule is COc1cc(C(C)CCCCCCCCCCCCCCC(C)=O)ccc1OCCCN1CCC(c2noc3cc(F)ccc23)CC1. The van der Waals surface area contributed by atoms with Crippen LogP contribution < -0.4 is 9.47 Å². The standard InChI is InChI=1S/C40H59FN2O4/c1-31(17-14-12-10-8-6-4-5-7-9-11-13-15-18-32(2)44)34-19-22-37(39(29-34)45-3)46-28-16-25-43-26-23-33(24-27-43)40-36-21-20-35(41)30-38(36)47-42-40/h19-22,29-31,33H,4-18,23-28H2,1-3H3. The molecule has 1 saturated heterocycles. The molecule has 260 valence electrons. The number of halogens is 1. The van der Waals surface area contributed by atoms with Gasteiger partial charge >= 0.3 is 0 Å². The molecular formula is C40H59FN2O4. The first kappa shape index (κ1) is 36.9. The van der Waals surface area contributed by atoms with Gasteiger partial charge in [0.05, 0.1) is 19.4 Å². The fourth-order valence-corrected chi connectivity index (χ4v) is 6.99. The van der Waals surface area contributed by atoms with E-state index in [2.05, 4.69) is 35.2 Å². The van der Waals surface area contributed by atoms with Crippen molar-refractivity contribution >= 4 is 16.8 Å². The number of rotatable bonds is 23. The van der Waals surface area contributed by atoms with Gasteiger partial charge in [-0.3, -0.25) is 0 Å². The number of ketones is 1. The lowest BCUT2D eigenvalue weighted by atomic mass is 9.91. The number of likely N-dealkylation sites (tertiary alicyclic amines) is 1. The number of carbonyl (C=O) groups is 1. The van der Waals surface area contributed by atoms with Crippen LogP contribution in [0.3, 0.4) is 0 Å². The third kappa shape index (κ3) is 12.6. The van der Waals surface area contributed by atoms with E-state index in [1.165, 1.54) is 94.7 Å². The molecule has 0 amide bonds. The van der Waals surface area contributed by atoms with Gasteiger partial charge in [-0.1, -0.05) is 88.8 Å². The van der Waals surface area contributed by atoms with Gasteiger partial charge in [0, 0.05) is 30.3 Å². The number of carbonyl (C=O) groups excluding carboxylic acids is 1. The van der Waals surface area contributed by atoms with E-state index in [4.69, 9.17) is 14.0 Å². The van der Waals surface area contributed by atoms with Gasteiger partial charge in [-0.05, 0) is 87.9 Å². The zero-order valence-corrected chi connectivity index (χ0v) is 29.4. The lowest BCUT2D eigenvalue weighted by Crippen LogP contribution is -2.34. The van der Waals surface area contributed by atoms with Gasteiger partial charge in [0.1, 0.15) is 11.6 Å². The van der Waals surface area contributed by atoms with Crippen LogP contribution >= 0.6 is 0 Å². The minimum Gasteiger partial charge on any atom is -0.493 e. The third-order valence-electron chi connectivity index (χ3n) is 9.99.